The maximum absolute atomic E-state index is 4.46. The zero-order chi connectivity index (χ0) is 11.4. The van der Waals surface area contributed by atoms with Crippen LogP contribution in [0.25, 0.3) is 0 Å². The van der Waals surface area contributed by atoms with E-state index < -0.39 is 0 Å². The molecule has 2 heterocycles. The lowest BCUT2D eigenvalue weighted by Crippen LogP contribution is -2.24. The van der Waals surface area contributed by atoms with E-state index in [1.165, 1.54) is 30.8 Å². The van der Waals surface area contributed by atoms with Gasteiger partial charge in [0.2, 0.25) is 0 Å². The van der Waals surface area contributed by atoms with Crippen LogP contribution in [0.15, 0.2) is 18.3 Å². The molecule has 3 nitrogen and oxygen atoms in total. The molecule has 2 rings (SSSR count). The Labute approximate surface area is 110 Å². The van der Waals surface area contributed by atoms with E-state index in [-0.39, 0.29) is 12.4 Å². The Bertz CT molecular complexity index is 326. The van der Waals surface area contributed by atoms with Crippen LogP contribution in [0.4, 0.5) is 0 Å². The lowest BCUT2D eigenvalue weighted by molar-refractivity contribution is 0.311. The number of aromatic nitrogens is 1. The third-order valence-corrected chi connectivity index (χ3v) is 3.22. The summed E-state index contributed by atoms with van der Waals surface area (Å²) in [6, 6.07) is 4.28. The van der Waals surface area contributed by atoms with Gasteiger partial charge in [0.25, 0.3) is 0 Å². The maximum Gasteiger partial charge on any atom is 0.0544 e. The van der Waals surface area contributed by atoms with Gasteiger partial charge in [-0.1, -0.05) is 6.07 Å². The van der Waals surface area contributed by atoms with Crippen LogP contribution in [-0.4, -0.2) is 36.6 Å². The van der Waals surface area contributed by atoms with E-state index in [0.717, 1.165) is 19.0 Å². The molecule has 17 heavy (non-hydrogen) atoms. The second-order valence-corrected chi connectivity index (χ2v) is 4.77. The second kappa shape index (κ2) is 6.94. The molecule has 0 aliphatic carbocycles. The summed E-state index contributed by atoms with van der Waals surface area (Å²) < 4.78 is 0. The van der Waals surface area contributed by atoms with Gasteiger partial charge in [-0.05, 0) is 51.0 Å². The van der Waals surface area contributed by atoms with Crippen molar-refractivity contribution in [1.29, 1.82) is 0 Å². The van der Waals surface area contributed by atoms with Gasteiger partial charge in [-0.3, -0.25) is 9.88 Å². The normalized spacial score (nSPS) is 20.2. The Morgan fingerprint density at radius 2 is 2.29 bits per heavy atom. The summed E-state index contributed by atoms with van der Waals surface area (Å²) in [5.41, 5.74) is 2.42. The molecule has 1 aliphatic rings. The van der Waals surface area contributed by atoms with Crippen molar-refractivity contribution >= 4 is 12.4 Å². The standard InChI is InChI=1S/C13H21N3.ClH/c1-11-3-4-13(15-7-11)10-16-6-5-12(9-16)8-14-2;/h3-4,7,12,14H,5-6,8-10H2,1-2H3;1H. The fourth-order valence-corrected chi connectivity index (χ4v) is 2.33. The maximum atomic E-state index is 4.46. The van der Waals surface area contributed by atoms with Gasteiger partial charge in [0, 0.05) is 19.3 Å². The molecule has 1 aromatic heterocycles. The topological polar surface area (TPSA) is 28.2 Å². The highest BCUT2D eigenvalue weighted by atomic mass is 35.5. The predicted octanol–water partition coefficient (Wildman–Crippen LogP) is 1.85. The fraction of sp³-hybridized carbons (Fsp3) is 0.615. The largest absolute Gasteiger partial charge is 0.319 e. The summed E-state index contributed by atoms with van der Waals surface area (Å²) >= 11 is 0. The summed E-state index contributed by atoms with van der Waals surface area (Å²) in [6.45, 7) is 6.63. The first-order valence-corrected chi connectivity index (χ1v) is 6.06. The van der Waals surface area contributed by atoms with Crippen molar-refractivity contribution in [3.8, 4) is 0 Å². The molecule has 0 spiro atoms. The lowest BCUT2D eigenvalue weighted by Gasteiger charge is -2.15. The van der Waals surface area contributed by atoms with E-state index in [0.29, 0.717) is 0 Å². The number of aryl methyl sites for hydroxylation is 1. The predicted molar refractivity (Wildman–Crippen MR) is 73.5 cm³/mol. The lowest BCUT2D eigenvalue weighted by atomic mass is 10.1. The third-order valence-electron chi connectivity index (χ3n) is 3.22. The molecule has 1 saturated heterocycles. The van der Waals surface area contributed by atoms with E-state index in [1.54, 1.807) is 0 Å². The van der Waals surface area contributed by atoms with Gasteiger partial charge in [-0.2, -0.15) is 0 Å². The molecule has 1 fully saturated rings. The van der Waals surface area contributed by atoms with Crippen LogP contribution in [-0.2, 0) is 6.54 Å². The molecule has 96 valence electrons. The molecule has 1 aromatic rings. The van der Waals surface area contributed by atoms with Gasteiger partial charge in [0.1, 0.15) is 0 Å². The number of nitrogens with zero attached hydrogens (tertiary/aromatic N) is 2. The van der Waals surface area contributed by atoms with Crippen molar-refractivity contribution in [3.05, 3.63) is 29.6 Å². The van der Waals surface area contributed by atoms with E-state index in [9.17, 15) is 0 Å². The number of likely N-dealkylation sites (tertiary alicyclic amines) is 1. The van der Waals surface area contributed by atoms with Crippen molar-refractivity contribution < 1.29 is 0 Å². The zero-order valence-electron chi connectivity index (χ0n) is 10.6. The second-order valence-electron chi connectivity index (χ2n) is 4.77. The van der Waals surface area contributed by atoms with E-state index in [1.807, 2.05) is 13.2 Å². The van der Waals surface area contributed by atoms with Crippen molar-refractivity contribution in [2.24, 2.45) is 5.92 Å². The van der Waals surface area contributed by atoms with Crippen LogP contribution in [0.2, 0.25) is 0 Å². The summed E-state index contributed by atoms with van der Waals surface area (Å²) in [6.07, 6.45) is 3.27. The average Bonchev–Trinajstić information content (AvgIpc) is 2.70. The van der Waals surface area contributed by atoms with Gasteiger partial charge in [0.05, 0.1) is 5.69 Å². The van der Waals surface area contributed by atoms with E-state index >= 15 is 0 Å². The van der Waals surface area contributed by atoms with Crippen molar-refractivity contribution in [3.63, 3.8) is 0 Å². The van der Waals surface area contributed by atoms with Crippen molar-refractivity contribution in [2.45, 2.75) is 19.9 Å². The van der Waals surface area contributed by atoms with Crippen LogP contribution < -0.4 is 5.32 Å². The highest BCUT2D eigenvalue weighted by Gasteiger charge is 2.21. The fourth-order valence-electron chi connectivity index (χ4n) is 2.33. The minimum absolute atomic E-state index is 0. The Morgan fingerprint density at radius 1 is 1.47 bits per heavy atom. The Morgan fingerprint density at radius 3 is 2.94 bits per heavy atom. The van der Waals surface area contributed by atoms with Gasteiger partial charge >= 0.3 is 0 Å². The molecule has 1 unspecified atom stereocenters. The first kappa shape index (κ1) is 14.4. The van der Waals surface area contributed by atoms with Crippen LogP contribution in [0.3, 0.4) is 0 Å². The van der Waals surface area contributed by atoms with Gasteiger partial charge < -0.3 is 5.32 Å². The molecule has 0 saturated carbocycles. The van der Waals surface area contributed by atoms with E-state index in [2.05, 4.69) is 34.3 Å². The quantitative estimate of drug-likeness (QED) is 0.890. The third kappa shape index (κ3) is 4.26. The summed E-state index contributed by atoms with van der Waals surface area (Å²) in [5.74, 6) is 0.815. The monoisotopic (exact) mass is 255 g/mol. The van der Waals surface area contributed by atoms with Crippen LogP contribution in [0, 0.1) is 12.8 Å². The van der Waals surface area contributed by atoms with Crippen LogP contribution in [0.5, 0.6) is 0 Å². The summed E-state index contributed by atoms with van der Waals surface area (Å²) in [4.78, 5) is 6.96. The number of hydrogen-bond donors (Lipinski definition) is 1. The van der Waals surface area contributed by atoms with Crippen LogP contribution >= 0.6 is 12.4 Å². The Balaban J connectivity index is 0.00000144. The Kier molecular flexibility index (Phi) is 5.89. The molecule has 4 heteroatoms. The Hall–Kier alpha value is -0.640. The molecule has 0 radical (unpaired) electrons. The first-order valence-electron chi connectivity index (χ1n) is 6.06. The average molecular weight is 256 g/mol. The number of halogens is 1. The van der Waals surface area contributed by atoms with Crippen LogP contribution in [0.1, 0.15) is 17.7 Å². The summed E-state index contributed by atoms with van der Waals surface area (Å²) in [7, 11) is 2.03. The molecule has 1 aliphatic heterocycles. The molecular weight excluding hydrogens is 234 g/mol. The number of hydrogen-bond acceptors (Lipinski definition) is 3. The zero-order valence-corrected chi connectivity index (χ0v) is 11.5. The first-order chi connectivity index (χ1) is 7.78. The minimum atomic E-state index is 0. The van der Waals surface area contributed by atoms with Gasteiger partial charge in [-0.25, -0.2) is 0 Å². The smallest absolute Gasteiger partial charge is 0.0544 e. The highest BCUT2D eigenvalue weighted by Crippen LogP contribution is 2.17. The highest BCUT2D eigenvalue weighted by molar-refractivity contribution is 5.85. The van der Waals surface area contributed by atoms with Gasteiger partial charge in [0.15, 0.2) is 0 Å². The number of pyridine rings is 1. The number of nitrogens with one attached hydrogen (secondary N) is 1. The molecule has 0 aromatic carbocycles. The molecule has 0 bridgehead atoms. The SMILES string of the molecule is CNCC1CCN(Cc2ccc(C)cn2)C1.Cl. The minimum Gasteiger partial charge on any atom is -0.319 e. The molecular formula is C13H22ClN3. The summed E-state index contributed by atoms with van der Waals surface area (Å²) in [5, 5.41) is 3.26. The van der Waals surface area contributed by atoms with Crippen molar-refractivity contribution in [1.82, 2.24) is 15.2 Å². The van der Waals surface area contributed by atoms with Crippen molar-refractivity contribution in [2.75, 3.05) is 26.7 Å². The molecule has 1 N–H and O–H groups in total. The number of rotatable bonds is 4. The van der Waals surface area contributed by atoms with Gasteiger partial charge in [-0.15, -0.1) is 12.4 Å². The van der Waals surface area contributed by atoms with E-state index in [4.69, 9.17) is 0 Å². The molecule has 1 atom stereocenters. The molecule has 0 amide bonds.